The second kappa shape index (κ2) is 7.15. The molecule has 0 fully saturated rings. The van der Waals surface area contributed by atoms with E-state index in [0.29, 0.717) is 11.3 Å². The van der Waals surface area contributed by atoms with Crippen molar-refractivity contribution in [2.24, 2.45) is 5.41 Å². The van der Waals surface area contributed by atoms with Crippen LogP contribution in [0.2, 0.25) is 0 Å². The van der Waals surface area contributed by atoms with Crippen molar-refractivity contribution in [1.82, 2.24) is 5.32 Å². The second-order valence-corrected chi connectivity index (χ2v) is 7.48. The van der Waals surface area contributed by atoms with E-state index in [4.69, 9.17) is 4.74 Å². The Morgan fingerprint density at radius 2 is 2.00 bits per heavy atom. The number of nitrogens with one attached hydrogen (secondary N) is 1. The maximum absolute atomic E-state index is 12.5. The van der Waals surface area contributed by atoms with Crippen molar-refractivity contribution in [1.29, 1.82) is 0 Å². The summed E-state index contributed by atoms with van der Waals surface area (Å²) in [5.74, 6) is 0.201. The number of amides is 1. The topological polar surface area (TPSA) is 58.6 Å². The average Bonchev–Trinajstić information content (AvgIpc) is 3.04. The fraction of sp³-hybridized carbons (Fsp3) is 0.389. The lowest BCUT2D eigenvalue weighted by Crippen LogP contribution is -2.38. The Labute approximate surface area is 141 Å². The van der Waals surface area contributed by atoms with Crippen molar-refractivity contribution in [2.45, 2.75) is 32.9 Å². The first-order chi connectivity index (χ1) is 10.8. The maximum Gasteiger partial charge on any atom is 0.254 e. The second-order valence-electron chi connectivity index (χ2n) is 6.50. The van der Waals surface area contributed by atoms with E-state index in [1.807, 2.05) is 17.5 Å². The normalized spacial score (nSPS) is 14.1. The summed E-state index contributed by atoms with van der Waals surface area (Å²) in [4.78, 5) is 13.6. The Morgan fingerprint density at radius 1 is 1.26 bits per heavy atom. The van der Waals surface area contributed by atoms with Crippen molar-refractivity contribution in [3.05, 3.63) is 52.2 Å². The summed E-state index contributed by atoms with van der Waals surface area (Å²) in [7, 11) is 1.55. The fourth-order valence-corrected chi connectivity index (χ4v) is 3.37. The number of rotatable bonds is 5. The van der Waals surface area contributed by atoms with E-state index in [2.05, 4.69) is 26.1 Å². The van der Waals surface area contributed by atoms with Crippen LogP contribution in [0.3, 0.4) is 0 Å². The van der Waals surface area contributed by atoms with Gasteiger partial charge in [-0.2, -0.15) is 0 Å². The Bertz CT molecular complexity index is 647. The van der Waals surface area contributed by atoms with E-state index < -0.39 is 12.0 Å². The number of thiophene rings is 1. The van der Waals surface area contributed by atoms with E-state index in [0.717, 1.165) is 4.88 Å². The molecule has 2 unspecified atom stereocenters. The molecule has 124 valence electrons. The van der Waals surface area contributed by atoms with Crippen molar-refractivity contribution < 1.29 is 14.6 Å². The molecule has 0 spiro atoms. The largest absolute Gasteiger partial charge is 0.497 e. The minimum atomic E-state index is -1.23. The summed E-state index contributed by atoms with van der Waals surface area (Å²) in [5.41, 5.74) is 0.356. The molecular weight excluding hydrogens is 310 g/mol. The Hall–Kier alpha value is -1.85. The van der Waals surface area contributed by atoms with E-state index in [1.54, 1.807) is 42.7 Å². The predicted octanol–water partition coefficient (Wildman–Crippen LogP) is 3.69. The molecule has 0 bridgehead atoms. The average molecular weight is 333 g/mol. The third-order valence-electron chi connectivity index (χ3n) is 3.64. The Morgan fingerprint density at radius 3 is 2.57 bits per heavy atom. The van der Waals surface area contributed by atoms with Gasteiger partial charge in [-0.25, -0.2) is 0 Å². The van der Waals surface area contributed by atoms with Crippen molar-refractivity contribution in [2.75, 3.05) is 7.11 Å². The number of ether oxygens (including phenoxy) is 1. The maximum atomic E-state index is 12.5. The van der Waals surface area contributed by atoms with Crippen molar-refractivity contribution >= 4 is 17.2 Å². The van der Waals surface area contributed by atoms with Crippen LogP contribution in [0.25, 0.3) is 0 Å². The number of carbonyl (C=O) groups is 1. The smallest absolute Gasteiger partial charge is 0.254 e. The molecule has 4 nitrogen and oxygen atoms in total. The summed E-state index contributed by atoms with van der Waals surface area (Å²) in [5, 5.41) is 15.3. The van der Waals surface area contributed by atoms with Crippen molar-refractivity contribution in [3.8, 4) is 5.75 Å². The first kappa shape index (κ1) is 17.5. The van der Waals surface area contributed by atoms with Crippen LogP contribution in [0.4, 0.5) is 0 Å². The summed E-state index contributed by atoms with van der Waals surface area (Å²) in [6.07, 6.45) is -1.23. The lowest BCUT2D eigenvalue weighted by molar-refractivity contribution is -0.131. The van der Waals surface area contributed by atoms with Gasteiger partial charge in [0.25, 0.3) is 5.91 Å². The number of aliphatic hydroxyl groups excluding tert-OH is 1. The summed E-state index contributed by atoms with van der Waals surface area (Å²) >= 11 is 1.60. The molecular formula is C18H23NO3S. The minimum absolute atomic E-state index is 0.157. The van der Waals surface area contributed by atoms with Crippen LogP contribution in [0, 0.1) is 5.41 Å². The fourth-order valence-electron chi connectivity index (χ4n) is 2.35. The SMILES string of the molecule is COc1cccc(C(O)C(=O)NC(c2cccs2)C(C)(C)C)c1. The highest BCUT2D eigenvalue weighted by Gasteiger charge is 2.31. The highest BCUT2D eigenvalue weighted by molar-refractivity contribution is 7.10. The van der Waals surface area contributed by atoms with Crippen LogP contribution >= 0.6 is 11.3 Å². The third kappa shape index (κ3) is 4.33. The van der Waals surface area contributed by atoms with E-state index >= 15 is 0 Å². The van der Waals surface area contributed by atoms with Gasteiger partial charge < -0.3 is 15.2 Å². The quantitative estimate of drug-likeness (QED) is 0.877. The van der Waals surface area contributed by atoms with Crippen molar-refractivity contribution in [3.63, 3.8) is 0 Å². The first-order valence-electron chi connectivity index (χ1n) is 7.48. The summed E-state index contributed by atoms with van der Waals surface area (Å²) in [6.45, 7) is 6.20. The molecule has 1 amide bonds. The van der Waals surface area contributed by atoms with Crippen LogP contribution in [0.5, 0.6) is 5.75 Å². The van der Waals surface area contributed by atoms with Gasteiger partial charge in [0.05, 0.1) is 13.2 Å². The zero-order valence-corrected chi connectivity index (χ0v) is 14.7. The van der Waals surface area contributed by atoms with Crippen LogP contribution in [0.1, 0.15) is 43.4 Å². The van der Waals surface area contributed by atoms with Gasteiger partial charge in [0.1, 0.15) is 5.75 Å². The standard InChI is InChI=1S/C18H23NO3S/c1-18(2,3)16(14-9-6-10-23-14)19-17(21)15(20)12-7-5-8-13(11-12)22-4/h5-11,15-16,20H,1-4H3,(H,19,21). The lowest BCUT2D eigenvalue weighted by Gasteiger charge is -2.31. The van der Waals surface area contributed by atoms with Gasteiger partial charge in [0.15, 0.2) is 6.10 Å². The molecule has 1 aromatic carbocycles. The molecule has 2 atom stereocenters. The molecule has 2 rings (SSSR count). The zero-order valence-electron chi connectivity index (χ0n) is 13.9. The Kier molecular flexibility index (Phi) is 5.44. The number of aliphatic hydroxyl groups is 1. The Balaban J connectivity index is 2.18. The number of hydrogen-bond acceptors (Lipinski definition) is 4. The summed E-state index contributed by atoms with van der Waals surface area (Å²) in [6, 6.07) is 10.7. The van der Waals surface area contributed by atoms with Gasteiger partial charge in [-0.15, -0.1) is 11.3 Å². The molecule has 1 aromatic heterocycles. The van der Waals surface area contributed by atoms with Crippen LogP contribution in [-0.2, 0) is 4.79 Å². The lowest BCUT2D eigenvalue weighted by atomic mass is 9.85. The number of carbonyl (C=O) groups excluding carboxylic acids is 1. The first-order valence-corrected chi connectivity index (χ1v) is 8.36. The van der Waals surface area contributed by atoms with Crippen LogP contribution < -0.4 is 10.1 Å². The molecule has 5 heteroatoms. The monoisotopic (exact) mass is 333 g/mol. The highest BCUT2D eigenvalue weighted by atomic mass is 32.1. The van der Waals surface area contributed by atoms with Gasteiger partial charge in [0.2, 0.25) is 0 Å². The zero-order chi connectivity index (χ0) is 17.0. The van der Waals surface area contributed by atoms with E-state index in [-0.39, 0.29) is 11.5 Å². The van der Waals surface area contributed by atoms with Gasteiger partial charge in [-0.1, -0.05) is 39.0 Å². The molecule has 0 saturated carbocycles. The van der Waals surface area contributed by atoms with Crippen LogP contribution in [-0.4, -0.2) is 18.1 Å². The van der Waals surface area contributed by atoms with Gasteiger partial charge >= 0.3 is 0 Å². The molecule has 2 N–H and O–H groups in total. The number of hydrogen-bond donors (Lipinski definition) is 2. The number of methoxy groups -OCH3 is 1. The number of benzene rings is 1. The molecule has 0 aliphatic rings. The molecule has 0 aliphatic heterocycles. The van der Waals surface area contributed by atoms with E-state index in [9.17, 15) is 9.90 Å². The van der Waals surface area contributed by atoms with Gasteiger partial charge in [0, 0.05) is 4.88 Å². The molecule has 1 heterocycles. The molecule has 0 radical (unpaired) electrons. The minimum Gasteiger partial charge on any atom is -0.497 e. The molecule has 23 heavy (non-hydrogen) atoms. The summed E-state index contributed by atoms with van der Waals surface area (Å²) < 4.78 is 5.14. The molecule has 0 aliphatic carbocycles. The van der Waals surface area contributed by atoms with Gasteiger partial charge in [-0.3, -0.25) is 4.79 Å². The highest BCUT2D eigenvalue weighted by Crippen LogP contribution is 2.35. The van der Waals surface area contributed by atoms with Crippen LogP contribution in [0.15, 0.2) is 41.8 Å². The third-order valence-corrected chi connectivity index (χ3v) is 4.58. The molecule has 0 saturated heterocycles. The molecule has 2 aromatic rings. The predicted molar refractivity (Wildman–Crippen MR) is 92.6 cm³/mol. The van der Waals surface area contributed by atoms with Gasteiger partial charge in [-0.05, 0) is 34.6 Å². The van der Waals surface area contributed by atoms with E-state index in [1.165, 1.54) is 0 Å².